The Hall–Kier alpha value is -1.70. The largest absolute Gasteiger partial charge is 0.496 e. The van der Waals surface area contributed by atoms with Crippen LogP contribution >= 0.6 is 65.8 Å². The Kier molecular flexibility index (Phi) is 7.56. The van der Waals surface area contributed by atoms with Crippen LogP contribution in [0.1, 0.15) is 38.1 Å². The Morgan fingerprint density at radius 2 is 2.06 bits per heavy atom. The van der Waals surface area contributed by atoms with Gasteiger partial charge in [0.15, 0.2) is 8.57 Å². The monoisotopic (exact) mass is 720 g/mol. The minimum Gasteiger partial charge on any atom is -0.496 e. The molecule has 34 heavy (non-hydrogen) atoms. The van der Waals surface area contributed by atoms with E-state index in [2.05, 4.69) is 59.4 Å². The smallest absolute Gasteiger partial charge is 0.338 e. The van der Waals surface area contributed by atoms with Crippen molar-refractivity contribution in [2.24, 2.45) is 4.99 Å². The summed E-state index contributed by atoms with van der Waals surface area (Å²) < 4.78 is 21.1. The fraction of sp³-hybridized carbons (Fsp3) is 0.261. The van der Waals surface area contributed by atoms with Crippen LogP contribution in [0.3, 0.4) is 0 Å². The van der Waals surface area contributed by atoms with E-state index in [0.29, 0.717) is 41.4 Å². The predicted octanol–water partition coefficient (Wildman–Crippen LogP) is 4.92. The van der Waals surface area contributed by atoms with E-state index in [-0.39, 0.29) is 11.7 Å². The Balaban J connectivity index is 2.01. The molecule has 1 aliphatic rings. The number of methoxy groups -OCH3 is 1. The summed E-state index contributed by atoms with van der Waals surface area (Å²) in [6, 6.07) is 6.49. The molecule has 0 aliphatic carbocycles. The molecule has 0 fully saturated rings. The Labute approximate surface area is 229 Å². The number of benzene rings is 1. The van der Waals surface area contributed by atoms with Crippen molar-refractivity contribution < 1.29 is 18.7 Å². The van der Waals surface area contributed by atoms with Crippen LogP contribution in [0.25, 0.3) is 6.08 Å². The van der Waals surface area contributed by atoms with Crippen LogP contribution in [0.5, 0.6) is 5.75 Å². The number of halogens is 3. The zero-order chi connectivity index (χ0) is 24.7. The van der Waals surface area contributed by atoms with E-state index >= 15 is 0 Å². The number of carbonyl (C=O) groups excluding carboxylic acids is 1. The molecule has 1 aliphatic heterocycles. The summed E-state index contributed by atoms with van der Waals surface area (Å²) in [7, 11) is 1.55. The molecule has 0 saturated heterocycles. The summed E-state index contributed by atoms with van der Waals surface area (Å²) in [5, 5.41) is 0. The topological polar surface area (TPSA) is 83.0 Å². The molecule has 7 nitrogen and oxygen atoms in total. The minimum absolute atomic E-state index is 0.291. The number of rotatable bonds is 5. The standard InChI is InChI=1S/C23H19Br2IN2O5S/c1-10(2)32-22(30)18-11(3)27-23-28(19(18)14-7-12(24)5-6-16(14)31-4)21(29)17(34-23)9-13-8-15(25)20(26)33-13/h5-10,19H,1-4H3/b17-9-/t19-/m1/s1. The molecule has 1 aromatic carbocycles. The number of hydrogen-bond acceptors (Lipinski definition) is 7. The van der Waals surface area contributed by atoms with Gasteiger partial charge in [-0.3, -0.25) is 9.36 Å². The lowest BCUT2D eigenvalue weighted by atomic mass is 9.95. The molecule has 11 heteroatoms. The zero-order valence-corrected chi connectivity index (χ0v) is 24.7. The Morgan fingerprint density at radius 1 is 1.32 bits per heavy atom. The number of esters is 1. The van der Waals surface area contributed by atoms with Crippen molar-refractivity contribution in [2.75, 3.05) is 7.11 Å². The van der Waals surface area contributed by atoms with Crippen LogP contribution < -0.4 is 19.6 Å². The van der Waals surface area contributed by atoms with E-state index < -0.39 is 12.0 Å². The Morgan fingerprint density at radius 3 is 2.68 bits per heavy atom. The number of aromatic nitrogens is 1. The second-order valence-electron chi connectivity index (χ2n) is 7.69. The zero-order valence-electron chi connectivity index (χ0n) is 18.5. The van der Waals surface area contributed by atoms with E-state index in [1.54, 1.807) is 46.1 Å². The van der Waals surface area contributed by atoms with Crippen molar-refractivity contribution >= 4 is 77.8 Å². The van der Waals surface area contributed by atoms with E-state index in [9.17, 15) is 9.59 Å². The normalized spacial score (nSPS) is 16.0. The van der Waals surface area contributed by atoms with Crippen LogP contribution in [0.2, 0.25) is 0 Å². The SMILES string of the molecule is COc1ccc(Br)cc1[C@@H]1C(C(=O)OC(C)C)=C(C)N=c2s/c(=C\c3cc(Br)c(I)o3)c(=O)n21. The lowest BCUT2D eigenvalue weighted by Crippen LogP contribution is -2.40. The second-order valence-corrected chi connectivity index (χ2v) is 11.5. The van der Waals surface area contributed by atoms with Crippen LogP contribution in [0.4, 0.5) is 0 Å². The number of nitrogens with zero attached hydrogens (tertiary/aromatic N) is 2. The van der Waals surface area contributed by atoms with Gasteiger partial charge in [-0.25, -0.2) is 9.79 Å². The lowest BCUT2D eigenvalue weighted by molar-refractivity contribution is -0.143. The fourth-order valence-corrected chi connectivity index (χ4v) is 5.76. The molecule has 0 spiro atoms. The first-order valence-electron chi connectivity index (χ1n) is 10.1. The molecule has 0 amide bonds. The van der Waals surface area contributed by atoms with Crippen molar-refractivity contribution in [3.63, 3.8) is 0 Å². The van der Waals surface area contributed by atoms with Crippen molar-refractivity contribution in [3.8, 4) is 5.75 Å². The number of carbonyl (C=O) groups is 1. The molecule has 0 radical (unpaired) electrons. The summed E-state index contributed by atoms with van der Waals surface area (Å²) in [6.45, 7) is 5.30. The summed E-state index contributed by atoms with van der Waals surface area (Å²) in [6.07, 6.45) is 1.35. The minimum atomic E-state index is -0.777. The number of ether oxygens (including phenoxy) is 2. The summed E-state index contributed by atoms with van der Waals surface area (Å²) in [5.41, 5.74) is 1.13. The summed E-state index contributed by atoms with van der Waals surface area (Å²) in [5.74, 6) is 0.548. The van der Waals surface area contributed by atoms with Crippen LogP contribution in [-0.2, 0) is 9.53 Å². The van der Waals surface area contributed by atoms with E-state index in [1.165, 1.54) is 15.9 Å². The predicted molar refractivity (Wildman–Crippen MR) is 145 cm³/mol. The molecule has 0 saturated carbocycles. The fourth-order valence-electron chi connectivity index (χ4n) is 3.64. The summed E-state index contributed by atoms with van der Waals surface area (Å²) in [4.78, 5) is 32.0. The van der Waals surface area contributed by atoms with Gasteiger partial charge in [0.2, 0.25) is 0 Å². The van der Waals surface area contributed by atoms with Crippen molar-refractivity contribution in [3.05, 3.63) is 79.3 Å². The molecular formula is C23H19Br2IN2O5S. The van der Waals surface area contributed by atoms with E-state index in [0.717, 1.165) is 8.95 Å². The molecule has 1 atom stereocenters. The maximum absolute atomic E-state index is 13.7. The second kappa shape index (κ2) is 10.1. The maximum atomic E-state index is 13.7. The van der Waals surface area contributed by atoms with Gasteiger partial charge in [-0.15, -0.1) is 0 Å². The Bertz CT molecular complexity index is 1480. The molecule has 4 rings (SSSR count). The van der Waals surface area contributed by atoms with Gasteiger partial charge in [-0.2, -0.15) is 0 Å². The number of hydrogen-bond donors (Lipinski definition) is 0. The highest BCUT2D eigenvalue weighted by Crippen LogP contribution is 2.37. The van der Waals surface area contributed by atoms with Crippen molar-refractivity contribution in [2.45, 2.75) is 32.9 Å². The van der Waals surface area contributed by atoms with Gasteiger partial charge in [-0.1, -0.05) is 27.3 Å². The van der Waals surface area contributed by atoms with Gasteiger partial charge in [0.1, 0.15) is 17.6 Å². The first-order valence-corrected chi connectivity index (χ1v) is 13.6. The van der Waals surface area contributed by atoms with Crippen LogP contribution in [0, 0.1) is 3.77 Å². The van der Waals surface area contributed by atoms with Gasteiger partial charge in [0.05, 0.1) is 33.5 Å². The average Bonchev–Trinajstić information content (AvgIpc) is 3.24. The van der Waals surface area contributed by atoms with Crippen LogP contribution in [-0.4, -0.2) is 23.8 Å². The van der Waals surface area contributed by atoms with Gasteiger partial charge in [0.25, 0.3) is 5.56 Å². The third-order valence-electron chi connectivity index (χ3n) is 5.01. The van der Waals surface area contributed by atoms with Crippen molar-refractivity contribution in [1.29, 1.82) is 0 Å². The molecule has 0 unspecified atom stereocenters. The molecule has 2 aromatic heterocycles. The number of thiazole rings is 1. The summed E-state index contributed by atoms with van der Waals surface area (Å²) >= 11 is 10.2. The van der Waals surface area contributed by atoms with E-state index in [4.69, 9.17) is 13.9 Å². The quantitative estimate of drug-likeness (QED) is 0.276. The van der Waals surface area contributed by atoms with Gasteiger partial charge in [0, 0.05) is 38.7 Å². The highest BCUT2D eigenvalue weighted by molar-refractivity contribution is 14.1. The number of fused-ring (bicyclic) bond motifs is 1. The lowest BCUT2D eigenvalue weighted by Gasteiger charge is -2.26. The first kappa shape index (κ1) is 25.4. The molecule has 0 N–H and O–H groups in total. The highest BCUT2D eigenvalue weighted by Gasteiger charge is 2.35. The third kappa shape index (κ3) is 4.84. The van der Waals surface area contributed by atoms with Crippen LogP contribution in [0.15, 0.2) is 58.7 Å². The molecule has 3 heterocycles. The first-order chi connectivity index (χ1) is 16.1. The van der Waals surface area contributed by atoms with Gasteiger partial charge < -0.3 is 13.9 Å². The van der Waals surface area contributed by atoms with Crippen molar-refractivity contribution in [1.82, 2.24) is 4.57 Å². The molecule has 0 bridgehead atoms. The molecular weight excluding hydrogens is 703 g/mol. The van der Waals surface area contributed by atoms with Gasteiger partial charge >= 0.3 is 5.97 Å². The number of furan rings is 1. The number of allylic oxidation sites excluding steroid dienone is 1. The molecule has 178 valence electrons. The van der Waals surface area contributed by atoms with Gasteiger partial charge in [-0.05, 0) is 61.0 Å². The average molecular weight is 722 g/mol. The highest BCUT2D eigenvalue weighted by atomic mass is 127. The maximum Gasteiger partial charge on any atom is 0.338 e. The third-order valence-corrected chi connectivity index (χ3v) is 8.62. The van der Waals surface area contributed by atoms with E-state index in [1.807, 2.05) is 12.1 Å². The molecule has 3 aromatic rings.